The standard InChI is InChI=1S/C23H28ClN3O5S/c24-19-9-2-1-8-18(19)22-20(25-23(29)26-22)15-21(33(30,31)27-10-3-4-11-27)16-6-5-7-17(14-16)32-13-12-28/h1-2,5-9,14,20-22,28H,3-4,10-13,15H2,(H2,25,26,29). The first kappa shape index (κ1) is 23.8. The van der Waals surface area contributed by atoms with E-state index in [9.17, 15) is 13.2 Å². The number of urea groups is 1. The summed E-state index contributed by atoms with van der Waals surface area (Å²) >= 11 is 6.39. The average molecular weight is 494 g/mol. The number of halogens is 1. The van der Waals surface area contributed by atoms with E-state index in [1.54, 1.807) is 30.3 Å². The summed E-state index contributed by atoms with van der Waals surface area (Å²) in [6.07, 6.45) is 1.82. The summed E-state index contributed by atoms with van der Waals surface area (Å²) in [4.78, 5) is 12.3. The fraction of sp³-hybridized carbons (Fsp3) is 0.435. The number of nitrogens with zero attached hydrogens (tertiary/aromatic N) is 1. The number of hydrogen-bond donors (Lipinski definition) is 3. The molecule has 0 aliphatic carbocycles. The number of carbonyl (C=O) groups is 1. The summed E-state index contributed by atoms with van der Waals surface area (Å²) in [5.74, 6) is 0.486. The van der Waals surface area contributed by atoms with Crippen molar-refractivity contribution in [3.05, 3.63) is 64.7 Å². The van der Waals surface area contributed by atoms with Gasteiger partial charge in [0.1, 0.15) is 17.6 Å². The number of sulfonamides is 1. The lowest BCUT2D eigenvalue weighted by Gasteiger charge is -2.28. The van der Waals surface area contributed by atoms with Crippen molar-refractivity contribution in [3.63, 3.8) is 0 Å². The van der Waals surface area contributed by atoms with Crippen molar-refractivity contribution in [1.82, 2.24) is 14.9 Å². The topological polar surface area (TPSA) is 108 Å². The average Bonchev–Trinajstić information content (AvgIpc) is 3.47. The van der Waals surface area contributed by atoms with Crippen LogP contribution in [0.15, 0.2) is 48.5 Å². The van der Waals surface area contributed by atoms with Crippen LogP contribution in [0.5, 0.6) is 5.75 Å². The number of hydrogen-bond acceptors (Lipinski definition) is 5. The lowest BCUT2D eigenvalue weighted by Crippen LogP contribution is -2.37. The number of benzene rings is 2. The van der Waals surface area contributed by atoms with Gasteiger partial charge in [0.05, 0.1) is 18.7 Å². The Hall–Kier alpha value is -2.33. The van der Waals surface area contributed by atoms with Gasteiger partial charge in [-0.3, -0.25) is 0 Å². The first-order chi connectivity index (χ1) is 15.9. The first-order valence-electron chi connectivity index (χ1n) is 11.0. The van der Waals surface area contributed by atoms with Crippen LogP contribution in [0.25, 0.3) is 0 Å². The predicted octanol–water partition coefficient (Wildman–Crippen LogP) is 2.99. The van der Waals surface area contributed by atoms with Crippen molar-refractivity contribution in [2.75, 3.05) is 26.3 Å². The van der Waals surface area contributed by atoms with Gasteiger partial charge in [0.25, 0.3) is 0 Å². The molecule has 2 heterocycles. The van der Waals surface area contributed by atoms with Crippen LogP contribution in [0, 0.1) is 0 Å². The molecule has 0 saturated carbocycles. The molecule has 2 fully saturated rings. The third kappa shape index (κ3) is 5.27. The highest BCUT2D eigenvalue weighted by molar-refractivity contribution is 7.89. The van der Waals surface area contributed by atoms with E-state index in [-0.39, 0.29) is 25.7 Å². The van der Waals surface area contributed by atoms with Crippen LogP contribution in [-0.4, -0.2) is 56.2 Å². The van der Waals surface area contributed by atoms with Gasteiger partial charge in [0.2, 0.25) is 10.0 Å². The molecule has 3 N–H and O–H groups in total. The number of rotatable bonds is 9. The fourth-order valence-electron chi connectivity index (χ4n) is 4.50. The molecule has 2 aliphatic rings. The highest BCUT2D eigenvalue weighted by Gasteiger charge is 2.41. The van der Waals surface area contributed by atoms with Crippen molar-refractivity contribution < 1.29 is 23.1 Å². The van der Waals surface area contributed by atoms with E-state index in [2.05, 4.69) is 10.6 Å². The van der Waals surface area contributed by atoms with Crippen LogP contribution in [0.4, 0.5) is 4.79 Å². The highest BCUT2D eigenvalue weighted by Crippen LogP contribution is 2.38. The molecule has 10 heteroatoms. The number of ether oxygens (including phenoxy) is 1. The summed E-state index contributed by atoms with van der Waals surface area (Å²) in [5, 5.41) is 14.5. The Labute approximate surface area is 198 Å². The molecule has 0 radical (unpaired) electrons. The maximum atomic E-state index is 13.7. The van der Waals surface area contributed by atoms with Crippen molar-refractivity contribution in [3.8, 4) is 5.75 Å². The minimum Gasteiger partial charge on any atom is -0.491 e. The maximum absolute atomic E-state index is 13.7. The monoisotopic (exact) mass is 493 g/mol. The summed E-state index contributed by atoms with van der Waals surface area (Å²) < 4.78 is 34.5. The summed E-state index contributed by atoms with van der Waals surface area (Å²) in [5.41, 5.74) is 1.32. The molecule has 8 nitrogen and oxygen atoms in total. The van der Waals surface area contributed by atoms with Gasteiger partial charge >= 0.3 is 6.03 Å². The molecular formula is C23H28ClN3O5S. The van der Waals surface area contributed by atoms with E-state index in [1.165, 1.54) is 4.31 Å². The molecule has 0 spiro atoms. The zero-order valence-corrected chi connectivity index (χ0v) is 19.7. The summed E-state index contributed by atoms with van der Waals surface area (Å²) in [6.45, 7) is 0.953. The minimum absolute atomic E-state index is 0.115. The zero-order valence-electron chi connectivity index (χ0n) is 18.1. The Morgan fingerprint density at radius 3 is 2.61 bits per heavy atom. The van der Waals surface area contributed by atoms with Crippen LogP contribution in [0.1, 0.15) is 41.7 Å². The first-order valence-corrected chi connectivity index (χ1v) is 12.9. The largest absolute Gasteiger partial charge is 0.491 e. The molecule has 2 aromatic rings. The molecule has 2 aromatic carbocycles. The summed E-state index contributed by atoms with van der Waals surface area (Å²) in [6, 6.07) is 12.9. The van der Waals surface area contributed by atoms with E-state index in [1.807, 2.05) is 18.2 Å². The molecule has 33 heavy (non-hydrogen) atoms. The molecule has 3 atom stereocenters. The molecular weight excluding hydrogens is 466 g/mol. The van der Waals surface area contributed by atoms with Crippen LogP contribution in [0.3, 0.4) is 0 Å². The Kier molecular flexibility index (Phi) is 7.43. The number of carbonyl (C=O) groups excluding carboxylic acids is 1. The third-order valence-corrected chi connectivity index (χ3v) is 8.70. The summed E-state index contributed by atoms with van der Waals surface area (Å²) in [7, 11) is -3.70. The van der Waals surface area contributed by atoms with Crippen molar-refractivity contribution in [1.29, 1.82) is 0 Å². The Bertz CT molecular complexity index is 1090. The maximum Gasteiger partial charge on any atom is 0.315 e. The van der Waals surface area contributed by atoms with E-state index < -0.39 is 27.4 Å². The minimum atomic E-state index is -3.70. The Morgan fingerprint density at radius 1 is 1.12 bits per heavy atom. The number of aliphatic hydroxyl groups excluding tert-OH is 1. The smallest absolute Gasteiger partial charge is 0.315 e. The lowest BCUT2D eigenvalue weighted by molar-refractivity contribution is 0.201. The van der Waals surface area contributed by atoms with Gasteiger partial charge in [0, 0.05) is 18.1 Å². The molecule has 0 aromatic heterocycles. The SMILES string of the molecule is O=C1NC(CC(c2cccc(OCCO)c2)S(=O)(=O)N2CCCC2)C(c2ccccc2Cl)N1. The van der Waals surface area contributed by atoms with E-state index in [0.717, 1.165) is 18.4 Å². The van der Waals surface area contributed by atoms with Gasteiger partial charge in [0.15, 0.2) is 0 Å². The normalized spacial score (nSPS) is 22.1. The molecule has 2 aliphatic heterocycles. The van der Waals surface area contributed by atoms with Crippen LogP contribution >= 0.6 is 11.6 Å². The lowest BCUT2D eigenvalue weighted by atomic mass is 9.95. The van der Waals surface area contributed by atoms with Gasteiger partial charge in [-0.1, -0.05) is 41.9 Å². The molecule has 3 unspecified atom stereocenters. The Balaban J connectivity index is 1.69. The zero-order chi connectivity index (χ0) is 23.4. The second kappa shape index (κ2) is 10.3. The quantitative estimate of drug-likeness (QED) is 0.497. The second-order valence-corrected chi connectivity index (χ2v) is 10.8. The fourth-order valence-corrected chi connectivity index (χ4v) is 6.82. The van der Waals surface area contributed by atoms with Crippen molar-refractivity contribution in [2.45, 2.75) is 36.6 Å². The molecule has 2 amide bonds. The number of amides is 2. The third-order valence-electron chi connectivity index (χ3n) is 6.09. The molecule has 2 saturated heterocycles. The highest BCUT2D eigenvalue weighted by atomic mass is 35.5. The molecule has 4 rings (SSSR count). The molecule has 0 bridgehead atoms. The second-order valence-electron chi connectivity index (χ2n) is 8.24. The van der Waals surface area contributed by atoms with E-state index in [0.29, 0.717) is 29.4 Å². The molecule has 178 valence electrons. The van der Waals surface area contributed by atoms with Crippen molar-refractivity contribution >= 4 is 27.7 Å². The van der Waals surface area contributed by atoms with Crippen LogP contribution in [0.2, 0.25) is 5.02 Å². The van der Waals surface area contributed by atoms with Gasteiger partial charge < -0.3 is 20.5 Å². The number of nitrogens with one attached hydrogen (secondary N) is 2. The van der Waals surface area contributed by atoms with Crippen LogP contribution in [-0.2, 0) is 10.0 Å². The van der Waals surface area contributed by atoms with Crippen LogP contribution < -0.4 is 15.4 Å². The predicted molar refractivity (Wildman–Crippen MR) is 126 cm³/mol. The number of aliphatic hydroxyl groups is 1. The van der Waals surface area contributed by atoms with Crippen molar-refractivity contribution in [2.24, 2.45) is 0 Å². The van der Waals surface area contributed by atoms with Gasteiger partial charge in [-0.15, -0.1) is 0 Å². The Morgan fingerprint density at radius 2 is 1.88 bits per heavy atom. The van der Waals surface area contributed by atoms with E-state index in [4.69, 9.17) is 21.4 Å². The van der Waals surface area contributed by atoms with E-state index >= 15 is 0 Å². The van der Waals surface area contributed by atoms with Gasteiger partial charge in [-0.2, -0.15) is 0 Å². The van der Waals surface area contributed by atoms with Gasteiger partial charge in [-0.05, 0) is 48.6 Å². The van der Waals surface area contributed by atoms with Gasteiger partial charge in [-0.25, -0.2) is 17.5 Å².